The molecule has 0 bridgehead atoms. The summed E-state index contributed by atoms with van der Waals surface area (Å²) in [4.78, 5) is 21.0. The lowest BCUT2D eigenvalue weighted by Gasteiger charge is -2.09. The standard InChI is InChI=1S/C9H17N5O/c1-14(2)9(15)8(10)13-7-6-11-4-3-5-12-7/h11H,3-6H2,1-2H3,(H2,10,12,13). The molecule has 84 valence electrons. The van der Waals surface area contributed by atoms with Crippen molar-refractivity contribution >= 4 is 17.6 Å². The maximum Gasteiger partial charge on any atom is 0.288 e. The largest absolute Gasteiger partial charge is 0.379 e. The van der Waals surface area contributed by atoms with E-state index in [-0.39, 0.29) is 11.7 Å². The van der Waals surface area contributed by atoms with Gasteiger partial charge in [-0.3, -0.25) is 9.79 Å². The van der Waals surface area contributed by atoms with Gasteiger partial charge in [-0.25, -0.2) is 4.99 Å². The molecule has 1 rings (SSSR count). The number of nitrogens with two attached hydrogens (primary N) is 1. The zero-order chi connectivity index (χ0) is 11.3. The van der Waals surface area contributed by atoms with Crippen LogP contribution in [-0.4, -0.2) is 56.2 Å². The van der Waals surface area contributed by atoms with Gasteiger partial charge >= 0.3 is 0 Å². The van der Waals surface area contributed by atoms with Gasteiger partial charge < -0.3 is 16.0 Å². The van der Waals surface area contributed by atoms with E-state index in [1.165, 1.54) is 4.90 Å². The Bertz CT molecular complexity index is 295. The predicted octanol–water partition coefficient (Wildman–Crippen LogP) is -1.18. The Morgan fingerprint density at radius 2 is 2.33 bits per heavy atom. The molecule has 0 aromatic carbocycles. The molecule has 0 unspecified atom stereocenters. The highest BCUT2D eigenvalue weighted by Crippen LogP contribution is 1.91. The minimum absolute atomic E-state index is 0.0116. The van der Waals surface area contributed by atoms with Crippen LogP contribution in [0.1, 0.15) is 6.42 Å². The number of nitrogens with one attached hydrogen (secondary N) is 1. The minimum atomic E-state index is -0.290. The summed E-state index contributed by atoms with van der Waals surface area (Å²) >= 11 is 0. The highest BCUT2D eigenvalue weighted by atomic mass is 16.2. The molecule has 1 aliphatic rings. The zero-order valence-corrected chi connectivity index (χ0v) is 9.16. The van der Waals surface area contributed by atoms with Crippen LogP contribution in [0, 0.1) is 0 Å². The molecule has 1 aliphatic heterocycles. The van der Waals surface area contributed by atoms with Gasteiger partial charge in [0, 0.05) is 20.6 Å². The normalized spacial score (nSPS) is 18.0. The van der Waals surface area contributed by atoms with Crippen LogP contribution in [-0.2, 0) is 4.79 Å². The van der Waals surface area contributed by atoms with Gasteiger partial charge in [0.15, 0.2) is 5.84 Å². The Balaban J connectivity index is 2.68. The van der Waals surface area contributed by atoms with Crippen LogP contribution in [0.3, 0.4) is 0 Å². The van der Waals surface area contributed by atoms with E-state index < -0.39 is 0 Å². The lowest BCUT2D eigenvalue weighted by Crippen LogP contribution is -2.36. The lowest BCUT2D eigenvalue weighted by molar-refractivity contribution is -0.121. The first kappa shape index (κ1) is 11.6. The molecule has 0 saturated carbocycles. The number of hydrogen-bond acceptors (Lipinski definition) is 4. The summed E-state index contributed by atoms with van der Waals surface area (Å²) in [6.07, 6.45) is 0.987. The number of rotatable bonds is 0. The summed E-state index contributed by atoms with van der Waals surface area (Å²) in [7, 11) is 3.27. The highest BCUT2D eigenvalue weighted by molar-refractivity contribution is 6.38. The van der Waals surface area contributed by atoms with Crippen LogP contribution in [0.25, 0.3) is 0 Å². The molecule has 0 fully saturated rings. The first-order valence-electron chi connectivity index (χ1n) is 4.91. The fraction of sp³-hybridized carbons (Fsp3) is 0.667. The van der Waals surface area contributed by atoms with Gasteiger partial charge in [0.1, 0.15) is 5.84 Å². The number of carbonyl (C=O) groups is 1. The van der Waals surface area contributed by atoms with Gasteiger partial charge in [-0.15, -0.1) is 0 Å². The molecule has 1 heterocycles. The van der Waals surface area contributed by atoms with Crippen LogP contribution >= 0.6 is 0 Å². The topological polar surface area (TPSA) is 83.1 Å². The van der Waals surface area contributed by atoms with Gasteiger partial charge in [-0.05, 0) is 13.0 Å². The number of hydrogen-bond donors (Lipinski definition) is 2. The van der Waals surface area contributed by atoms with Gasteiger partial charge in [0.05, 0.1) is 6.54 Å². The molecule has 0 aromatic heterocycles. The molecule has 1 amide bonds. The zero-order valence-electron chi connectivity index (χ0n) is 9.16. The predicted molar refractivity (Wildman–Crippen MR) is 60.1 cm³/mol. The first-order valence-corrected chi connectivity index (χ1v) is 4.91. The number of nitrogens with zero attached hydrogens (tertiary/aromatic N) is 3. The van der Waals surface area contributed by atoms with E-state index >= 15 is 0 Å². The first-order chi connectivity index (χ1) is 7.11. The Morgan fingerprint density at radius 1 is 1.60 bits per heavy atom. The second kappa shape index (κ2) is 5.45. The van der Waals surface area contributed by atoms with Crippen molar-refractivity contribution in [3.8, 4) is 0 Å². The van der Waals surface area contributed by atoms with Crippen molar-refractivity contribution in [2.75, 3.05) is 33.7 Å². The molecule has 15 heavy (non-hydrogen) atoms. The molecular weight excluding hydrogens is 194 g/mol. The minimum Gasteiger partial charge on any atom is -0.379 e. The maximum absolute atomic E-state index is 11.4. The number of aliphatic imine (C=N–C) groups is 2. The smallest absolute Gasteiger partial charge is 0.288 e. The monoisotopic (exact) mass is 211 g/mol. The summed E-state index contributed by atoms with van der Waals surface area (Å²) in [5.74, 6) is 0.296. The molecule has 0 aliphatic carbocycles. The van der Waals surface area contributed by atoms with Crippen LogP contribution in [0.5, 0.6) is 0 Å². The summed E-state index contributed by atoms with van der Waals surface area (Å²) in [5, 5.41) is 3.15. The summed E-state index contributed by atoms with van der Waals surface area (Å²) in [5.41, 5.74) is 5.55. The van der Waals surface area contributed by atoms with Crippen molar-refractivity contribution in [3.05, 3.63) is 0 Å². The van der Waals surface area contributed by atoms with Crippen LogP contribution in [0.4, 0.5) is 0 Å². The molecule has 0 spiro atoms. The van der Waals surface area contributed by atoms with E-state index in [1.807, 2.05) is 0 Å². The second-order valence-corrected chi connectivity index (χ2v) is 3.52. The average molecular weight is 211 g/mol. The number of amides is 1. The lowest BCUT2D eigenvalue weighted by atomic mass is 10.4. The van der Waals surface area contributed by atoms with Gasteiger partial charge in [0.2, 0.25) is 0 Å². The number of carbonyl (C=O) groups excluding carboxylic acids is 1. The average Bonchev–Trinajstić information content (AvgIpc) is 2.45. The van der Waals surface area contributed by atoms with E-state index in [0.717, 1.165) is 19.5 Å². The fourth-order valence-corrected chi connectivity index (χ4v) is 1.16. The van der Waals surface area contributed by atoms with Crippen LogP contribution in [0.2, 0.25) is 0 Å². The van der Waals surface area contributed by atoms with E-state index in [1.54, 1.807) is 14.1 Å². The van der Waals surface area contributed by atoms with Crippen molar-refractivity contribution in [2.24, 2.45) is 15.7 Å². The summed E-state index contributed by atoms with van der Waals surface area (Å²) in [6.45, 7) is 2.22. The third kappa shape index (κ3) is 3.67. The molecule has 0 radical (unpaired) electrons. The van der Waals surface area contributed by atoms with Gasteiger partial charge in [-0.1, -0.05) is 0 Å². The van der Waals surface area contributed by atoms with Crippen molar-refractivity contribution < 1.29 is 4.79 Å². The summed E-state index contributed by atoms with van der Waals surface area (Å²) in [6, 6.07) is 0. The van der Waals surface area contributed by atoms with E-state index in [9.17, 15) is 4.79 Å². The van der Waals surface area contributed by atoms with Crippen molar-refractivity contribution in [3.63, 3.8) is 0 Å². The van der Waals surface area contributed by atoms with E-state index in [4.69, 9.17) is 5.73 Å². The molecule has 6 heteroatoms. The van der Waals surface area contributed by atoms with Crippen molar-refractivity contribution in [2.45, 2.75) is 6.42 Å². The SMILES string of the molecule is CN(C)C(=O)C(N)=NC1=NCCCNC1. The third-order valence-electron chi connectivity index (χ3n) is 1.96. The number of likely N-dealkylation sites (N-methyl/N-ethyl adjacent to an activating group) is 1. The molecule has 3 N–H and O–H groups in total. The molecule has 0 atom stereocenters. The Hall–Kier alpha value is -1.43. The van der Waals surface area contributed by atoms with Crippen molar-refractivity contribution in [1.29, 1.82) is 0 Å². The molecular formula is C9H17N5O. The Morgan fingerprint density at radius 3 is 3.00 bits per heavy atom. The quantitative estimate of drug-likeness (QED) is 0.391. The van der Waals surface area contributed by atoms with Gasteiger partial charge in [0.25, 0.3) is 5.91 Å². The van der Waals surface area contributed by atoms with Crippen LogP contribution < -0.4 is 11.1 Å². The molecule has 6 nitrogen and oxygen atoms in total. The fourth-order valence-electron chi connectivity index (χ4n) is 1.16. The number of amidine groups is 2. The third-order valence-corrected chi connectivity index (χ3v) is 1.96. The Kier molecular flexibility index (Phi) is 4.23. The Labute approximate surface area is 89.3 Å². The highest BCUT2D eigenvalue weighted by Gasteiger charge is 2.11. The van der Waals surface area contributed by atoms with Crippen molar-refractivity contribution in [1.82, 2.24) is 10.2 Å². The second-order valence-electron chi connectivity index (χ2n) is 3.52. The van der Waals surface area contributed by atoms with E-state index in [0.29, 0.717) is 12.4 Å². The van der Waals surface area contributed by atoms with Gasteiger partial charge in [-0.2, -0.15) is 0 Å². The molecule has 0 aromatic rings. The molecule has 0 saturated heterocycles. The van der Waals surface area contributed by atoms with E-state index in [2.05, 4.69) is 15.3 Å². The summed E-state index contributed by atoms with van der Waals surface area (Å²) < 4.78 is 0. The maximum atomic E-state index is 11.4. The van der Waals surface area contributed by atoms with Crippen LogP contribution in [0.15, 0.2) is 9.98 Å².